The van der Waals surface area contributed by atoms with Gasteiger partial charge in [-0.2, -0.15) is 0 Å². The molecule has 6 rings (SSSR count). The van der Waals surface area contributed by atoms with Crippen LogP contribution in [0.1, 0.15) is 75.3 Å². The van der Waals surface area contributed by atoms with Gasteiger partial charge in [0.15, 0.2) is 11.0 Å². The number of thioether (sulfide) groups is 1. The Morgan fingerprint density at radius 3 is 2.26 bits per heavy atom. The summed E-state index contributed by atoms with van der Waals surface area (Å²) in [4.78, 5) is 13.6. The third-order valence-electron chi connectivity index (χ3n) is 8.25. The summed E-state index contributed by atoms with van der Waals surface area (Å²) in [6, 6.07) is 21.8. The molecule has 1 amide bonds. The predicted octanol–water partition coefficient (Wildman–Crippen LogP) is 6.38. The first-order valence-corrected chi connectivity index (χ1v) is 14.2. The smallest absolute Gasteiger partial charge is 0.234 e. The molecule has 1 N–H and O–H groups in total. The molecule has 0 spiro atoms. The minimum Gasteiger partial charge on any atom is -0.352 e. The molecular formula is C29H34N4OS. The van der Waals surface area contributed by atoms with E-state index < -0.39 is 0 Å². The number of benzene rings is 2. The summed E-state index contributed by atoms with van der Waals surface area (Å²) in [6.07, 6.45) is 10.8. The maximum atomic E-state index is 13.6. The summed E-state index contributed by atoms with van der Waals surface area (Å²) in [5.41, 5.74) is 2.38. The van der Waals surface area contributed by atoms with Crippen molar-refractivity contribution in [1.29, 1.82) is 0 Å². The highest BCUT2D eigenvalue weighted by atomic mass is 32.2. The number of piperidine rings is 1. The summed E-state index contributed by atoms with van der Waals surface area (Å²) in [7, 11) is 0. The van der Waals surface area contributed by atoms with Gasteiger partial charge in [0.1, 0.15) is 0 Å². The van der Waals surface area contributed by atoms with E-state index in [4.69, 9.17) is 10.2 Å². The molecule has 3 aliphatic rings. The lowest BCUT2D eigenvalue weighted by Gasteiger charge is -2.45. The van der Waals surface area contributed by atoms with E-state index in [-0.39, 0.29) is 23.1 Å². The Hall–Kier alpha value is -2.60. The molecule has 4 unspecified atom stereocenters. The Morgan fingerprint density at radius 2 is 1.49 bits per heavy atom. The van der Waals surface area contributed by atoms with Crippen LogP contribution in [0.15, 0.2) is 65.8 Å². The van der Waals surface area contributed by atoms with Crippen LogP contribution in [0.3, 0.4) is 0 Å². The molecule has 2 aliphatic carbocycles. The highest BCUT2D eigenvalue weighted by Gasteiger charge is 2.46. The van der Waals surface area contributed by atoms with Crippen molar-refractivity contribution >= 4 is 17.7 Å². The lowest BCUT2D eigenvalue weighted by Crippen LogP contribution is -2.56. The minimum absolute atomic E-state index is 0.159. The van der Waals surface area contributed by atoms with Crippen LogP contribution in [0.5, 0.6) is 0 Å². The molecule has 182 valence electrons. The summed E-state index contributed by atoms with van der Waals surface area (Å²) < 4.78 is 2.36. The van der Waals surface area contributed by atoms with Gasteiger partial charge in [0.05, 0.1) is 5.25 Å². The summed E-state index contributed by atoms with van der Waals surface area (Å²) in [5.74, 6) is 1.76. The van der Waals surface area contributed by atoms with E-state index in [0.29, 0.717) is 12.0 Å². The minimum atomic E-state index is -0.202. The number of nitrogens with one attached hydrogen (secondary N) is 1. The maximum Gasteiger partial charge on any atom is 0.234 e. The van der Waals surface area contributed by atoms with Gasteiger partial charge in [-0.25, -0.2) is 0 Å². The number of nitrogens with zero attached hydrogens (tertiary/aromatic N) is 3. The number of aromatic nitrogens is 3. The van der Waals surface area contributed by atoms with Gasteiger partial charge < -0.3 is 5.32 Å². The number of hydrogen-bond donors (Lipinski definition) is 1. The third kappa shape index (κ3) is 4.53. The number of rotatable bonds is 5. The van der Waals surface area contributed by atoms with Gasteiger partial charge in [0.2, 0.25) is 5.91 Å². The quantitative estimate of drug-likeness (QED) is 0.454. The zero-order valence-electron chi connectivity index (χ0n) is 20.2. The zero-order chi connectivity index (χ0) is 23.6. The van der Waals surface area contributed by atoms with E-state index in [2.05, 4.69) is 64.5 Å². The Balaban J connectivity index is 1.39. The first kappa shape index (κ1) is 22.8. The normalized spacial score (nSPS) is 27.3. The van der Waals surface area contributed by atoms with Crippen molar-refractivity contribution in [2.24, 2.45) is 5.92 Å². The van der Waals surface area contributed by atoms with E-state index in [9.17, 15) is 4.79 Å². The van der Waals surface area contributed by atoms with Crippen molar-refractivity contribution in [2.45, 2.75) is 86.2 Å². The molecule has 3 aromatic rings. The van der Waals surface area contributed by atoms with Gasteiger partial charge >= 0.3 is 0 Å². The monoisotopic (exact) mass is 486 g/mol. The zero-order valence-corrected chi connectivity index (χ0v) is 21.0. The molecule has 4 atom stereocenters. The first-order chi connectivity index (χ1) is 17.3. The SMILES string of the molecule is O=C1NC2CCCCC2C(c2ccccc2)C1Sc1nnc(-c2ccccc2)n1C1CCCCC1. The van der Waals surface area contributed by atoms with Crippen LogP contribution >= 0.6 is 11.8 Å². The summed E-state index contributed by atoms with van der Waals surface area (Å²) in [5, 5.41) is 13.5. The molecule has 1 aromatic heterocycles. The Kier molecular flexibility index (Phi) is 6.64. The van der Waals surface area contributed by atoms with Gasteiger partial charge in [-0.15, -0.1) is 10.2 Å². The van der Waals surface area contributed by atoms with Gasteiger partial charge in [0.25, 0.3) is 0 Å². The number of carbonyl (C=O) groups is 1. The molecule has 0 radical (unpaired) electrons. The molecule has 1 aliphatic heterocycles. The average Bonchev–Trinajstić information content (AvgIpc) is 3.34. The molecule has 2 aromatic carbocycles. The maximum absolute atomic E-state index is 13.6. The summed E-state index contributed by atoms with van der Waals surface area (Å²) in [6.45, 7) is 0. The number of carbonyl (C=O) groups excluding carboxylic acids is 1. The van der Waals surface area contributed by atoms with Gasteiger partial charge in [0, 0.05) is 23.6 Å². The molecule has 2 heterocycles. The molecule has 35 heavy (non-hydrogen) atoms. The van der Waals surface area contributed by atoms with E-state index in [1.165, 1.54) is 44.1 Å². The fourth-order valence-corrected chi connectivity index (χ4v) is 7.91. The lowest BCUT2D eigenvalue weighted by atomic mass is 9.70. The van der Waals surface area contributed by atoms with Crippen LogP contribution in [0, 0.1) is 5.92 Å². The molecule has 3 fully saturated rings. The van der Waals surface area contributed by atoms with Crippen molar-refractivity contribution < 1.29 is 4.79 Å². The van der Waals surface area contributed by atoms with E-state index in [1.54, 1.807) is 11.8 Å². The number of amides is 1. The third-order valence-corrected chi connectivity index (χ3v) is 9.50. The molecule has 2 saturated carbocycles. The summed E-state index contributed by atoms with van der Waals surface area (Å²) >= 11 is 1.64. The fraction of sp³-hybridized carbons (Fsp3) is 0.483. The first-order valence-electron chi connectivity index (χ1n) is 13.3. The average molecular weight is 487 g/mol. The Bertz CT molecular complexity index is 1140. The van der Waals surface area contributed by atoms with Crippen molar-refractivity contribution in [3.63, 3.8) is 0 Å². The van der Waals surface area contributed by atoms with Crippen molar-refractivity contribution in [2.75, 3.05) is 0 Å². The van der Waals surface area contributed by atoms with Crippen LogP contribution in [-0.4, -0.2) is 32.0 Å². The second-order valence-corrected chi connectivity index (χ2v) is 11.5. The molecular weight excluding hydrogens is 452 g/mol. The number of fused-ring (bicyclic) bond motifs is 1. The fourth-order valence-electron chi connectivity index (χ4n) is 6.57. The lowest BCUT2D eigenvalue weighted by molar-refractivity contribution is -0.125. The van der Waals surface area contributed by atoms with Crippen molar-refractivity contribution in [3.8, 4) is 11.4 Å². The molecule has 1 saturated heterocycles. The van der Waals surface area contributed by atoms with Crippen LogP contribution in [0.2, 0.25) is 0 Å². The van der Waals surface area contributed by atoms with E-state index in [0.717, 1.165) is 35.8 Å². The Morgan fingerprint density at radius 1 is 0.800 bits per heavy atom. The van der Waals surface area contributed by atoms with Crippen molar-refractivity contribution in [1.82, 2.24) is 20.1 Å². The highest BCUT2D eigenvalue weighted by molar-refractivity contribution is 8.00. The standard InChI is InChI=1S/C29H34N4OS/c34-28-26(25(20-12-4-1-5-13-20)23-18-10-11-19-24(23)30-28)35-29-32-31-27(21-14-6-2-7-15-21)33(29)22-16-8-3-9-17-22/h1-2,4-7,12-15,22-26H,3,8-11,16-19H2,(H,30,34). The van der Waals surface area contributed by atoms with Crippen LogP contribution in [0.4, 0.5) is 0 Å². The topological polar surface area (TPSA) is 59.8 Å². The van der Waals surface area contributed by atoms with Crippen LogP contribution in [0.25, 0.3) is 11.4 Å². The van der Waals surface area contributed by atoms with Crippen LogP contribution in [-0.2, 0) is 4.79 Å². The van der Waals surface area contributed by atoms with Gasteiger partial charge in [-0.3, -0.25) is 9.36 Å². The van der Waals surface area contributed by atoms with Crippen molar-refractivity contribution in [3.05, 3.63) is 66.2 Å². The van der Waals surface area contributed by atoms with Gasteiger partial charge in [-0.1, -0.05) is 105 Å². The van der Waals surface area contributed by atoms with E-state index >= 15 is 0 Å². The molecule has 0 bridgehead atoms. The Labute approximate surface area is 212 Å². The molecule has 5 nitrogen and oxygen atoms in total. The van der Waals surface area contributed by atoms with E-state index in [1.807, 2.05) is 6.07 Å². The predicted molar refractivity (Wildman–Crippen MR) is 140 cm³/mol. The van der Waals surface area contributed by atoms with Gasteiger partial charge in [-0.05, 0) is 37.2 Å². The second-order valence-electron chi connectivity index (χ2n) is 10.4. The number of hydrogen-bond acceptors (Lipinski definition) is 4. The molecule has 6 heteroatoms. The van der Waals surface area contributed by atoms with Crippen LogP contribution < -0.4 is 5.32 Å². The largest absolute Gasteiger partial charge is 0.352 e. The highest BCUT2D eigenvalue weighted by Crippen LogP contribution is 2.47. The second kappa shape index (κ2) is 10.2.